The molecule has 140 valence electrons. The molecule has 2 aromatic rings. The molecule has 0 radical (unpaired) electrons. The zero-order chi connectivity index (χ0) is 18.9. The Morgan fingerprint density at radius 1 is 1.12 bits per heavy atom. The Kier molecular flexibility index (Phi) is 5.09. The van der Waals surface area contributed by atoms with Crippen LogP contribution in [0.4, 0.5) is 13.2 Å². The number of halogens is 3. The van der Waals surface area contributed by atoms with Crippen molar-refractivity contribution in [3.8, 4) is 0 Å². The van der Waals surface area contributed by atoms with Crippen molar-refractivity contribution >= 4 is 5.91 Å². The van der Waals surface area contributed by atoms with Gasteiger partial charge in [-0.05, 0) is 31.5 Å². The zero-order valence-corrected chi connectivity index (χ0v) is 14.8. The summed E-state index contributed by atoms with van der Waals surface area (Å²) < 4.78 is 43.9. The number of amides is 1. The Bertz CT molecular complexity index is 790. The molecule has 1 amide bonds. The Balaban J connectivity index is 1.59. The third-order valence-corrected chi connectivity index (χ3v) is 4.59. The molecule has 4 nitrogen and oxygen atoms in total. The van der Waals surface area contributed by atoms with Crippen LogP contribution in [-0.2, 0) is 12.7 Å². The molecule has 0 atom stereocenters. The quantitative estimate of drug-likeness (QED) is 0.827. The van der Waals surface area contributed by atoms with Gasteiger partial charge in [0.25, 0.3) is 5.91 Å². The smallest absolute Gasteiger partial charge is 0.416 e. The highest BCUT2D eigenvalue weighted by Gasteiger charge is 2.30. The summed E-state index contributed by atoms with van der Waals surface area (Å²) in [5.74, 6) is 1.26. The summed E-state index contributed by atoms with van der Waals surface area (Å²) in [6.45, 7) is 6.34. The normalized spacial score (nSPS) is 16.1. The van der Waals surface area contributed by atoms with Crippen molar-refractivity contribution in [2.24, 2.45) is 0 Å². The van der Waals surface area contributed by atoms with Gasteiger partial charge in [-0.25, -0.2) is 0 Å². The maximum absolute atomic E-state index is 12.8. The van der Waals surface area contributed by atoms with E-state index in [1.54, 1.807) is 30.9 Å². The zero-order valence-electron chi connectivity index (χ0n) is 14.8. The molecule has 0 aliphatic carbocycles. The maximum atomic E-state index is 12.8. The van der Waals surface area contributed by atoms with E-state index in [0.29, 0.717) is 55.4 Å². The standard InChI is InChI=1S/C19H21F3N2O2/c1-13-10-17(14(2)26-13)18(25)24-8-6-23(7-9-24)12-15-4-3-5-16(11-15)19(20,21)22/h3-5,10-11H,6-9,12H2,1-2H3. The number of alkyl halides is 3. The van der Waals surface area contributed by atoms with E-state index >= 15 is 0 Å². The van der Waals surface area contributed by atoms with Crippen molar-refractivity contribution in [1.29, 1.82) is 0 Å². The lowest BCUT2D eigenvalue weighted by atomic mass is 10.1. The minimum atomic E-state index is -4.33. The summed E-state index contributed by atoms with van der Waals surface area (Å²) >= 11 is 0. The van der Waals surface area contributed by atoms with Gasteiger partial charge in [-0.1, -0.05) is 18.2 Å². The summed E-state index contributed by atoms with van der Waals surface area (Å²) in [6, 6.07) is 7.14. The van der Waals surface area contributed by atoms with Gasteiger partial charge in [0.2, 0.25) is 0 Å². The number of rotatable bonds is 3. The average molecular weight is 366 g/mol. The van der Waals surface area contributed by atoms with Gasteiger partial charge in [0.1, 0.15) is 11.5 Å². The minimum absolute atomic E-state index is 0.0573. The Labute approximate surface area is 150 Å². The second kappa shape index (κ2) is 7.15. The second-order valence-corrected chi connectivity index (χ2v) is 6.59. The summed E-state index contributed by atoms with van der Waals surface area (Å²) in [5.41, 5.74) is 0.573. The molecule has 1 aliphatic heterocycles. The van der Waals surface area contributed by atoms with E-state index in [4.69, 9.17) is 4.42 Å². The molecule has 1 saturated heterocycles. The van der Waals surface area contributed by atoms with Crippen molar-refractivity contribution in [3.05, 3.63) is 58.5 Å². The van der Waals surface area contributed by atoms with Gasteiger partial charge in [-0.15, -0.1) is 0 Å². The second-order valence-electron chi connectivity index (χ2n) is 6.59. The van der Waals surface area contributed by atoms with E-state index in [0.717, 1.165) is 6.07 Å². The fraction of sp³-hybridized carbons (Fsp3) is 0.421. The van der Waals surface area contributed by atoms with E-state index < -0.39 is 11.7 Å². The van der Waals surface area contributed by atoms with Crippen LogP contribution < -0.4 is 0 Å². The highest BCUT2D eigenvalue weighted by molar-refractivity contribution is 5.95. The third kappa shape index (κ3) is 4.09. The molecular formula is C19H21F3N2O2. The first kappa shape index (κ1) is 18.5. The summed E-state index contributed by atoms with van der Waals surface area (Å²) in [5, 5.41) is 0. The van der Waals surface area contributed by atoms with Crippen molar-refractivity contribution in [1.82, 2.24) is 9.80 Å². The highest BCUT2D eigenvalue weighted by Crippen LogP contribution is 2.29. The number of aryl methyl sites for hydroxylation is 2. The molecule has 1 fully saturated rings. The van der Waals surface area contributed by atoms with Crippen LogP contribution in [0.3, 0.4) is 0 Å². The number of nitrogens with zero attached hydrogens (tertiary/aromatic N) is 2. The Morgan fingerprint density at radius 2 is 1.81 bits per heavy atom. The van der Waals surface area contributed by atoms with Crippen molar-refractivity contribution < 1.29 is 22.4 Å². The lowest BCUT2D eigenvalue weighted by molar-refractivity contribution is -0.137. The summed E-state index contributed by atoms with van der Waals surface area (Å²) in [7, 11) is 0. The number of benzene rings is 1. The van der Waals surface area contributed by atoms with E-state index in [1.807, 2.05) is 0 Å². The van der Waals surface area contributed by atoms with Gasteiger partial charge in [-0.2, -0.15) is 13.2 Å². The van der Waals surface area contributed by atoms with Crippen LogP contribution in [0.2, 0.25) is 0 Å². The molecule has 2 heterocycles. The topological polar surface area (TPSA) is 36.7 Å². The Hall–Kier alpha value is -2.28. The molecule has 7 heteroatoms. The van der Waals surface area contributed by atoms with E-state index in [1.165, 1.54) is 12.1 Å². The van der Waals surface area contributed by atoms with Gasteiger partial charge < -0.3 is 9.32 Å². The number of furan rings is 1. The van der Waals surface area contributed by atoms with E-state index in [2.05, 4.69) is 4.90 Å². The van der Waals surface area contributed by atoms with Crippen LogP contribution in [0.25, 0.3) is 0 Å². The molecular weight excluding hydrogens is 345 g/mol. The van der Waals surface area contributed by atoms with Crippen LogP contribution in [-0.4, -0.2) is 41.9 Å². The van der Waals surface area contributed by atoms with Crippen LogP contribution in [0.1, 0.15) is 33.0 Å². The minimum Gasteiger partial charge on any atom is -0.466 e. The van der Waals surface area contributed by atoms with E-state index in [-0.39, 0.29) is 5.91 Å². The SMILES string of the molecule is Cc1cc(C(=O)N2CCN(Cc3cccc(C(F)(F)F)c3)CC2)c(C)o1. The maximum Gasteiger partial charge on any atom is 0.416 e. The molecule has 0 bridgehead atoms. The predicted octanol–water partition coefficient (Wildman–Crippen LogP) is 3.87. The van der Waals surface area contributed by atoms with Crippen LogP contribution in [0, 0.1) is 13.8 Å². The van der Waals surface area contributed by atoms with Gasteiger partial charge in [-0.3, -0.25) is 9.69 Å². The average Bonchev–Trinajstić information content (AvgIpc) is 2.93. The molecule has 0 saturated carbocycles. The van der Waals surface area contributed by atoms with Crippen LogP contribution in [0.5, 0.6) is 0 Å². The molecule has 3 rings (SSSR count). The molecule has 0 N–H and O–H groups in total. The van der Waals surface area contributed by atoms with Crippen molar-refractivity contribution in [3.63, 3.8) is 0 Å². The molecule has 0 spiro atoms. The predicted molar refractivity (Wildman–Crippen MR) is 90.8 cm³/mol. The Morgan fingerprint density at radius 3 is 2.38 bits per heavy atom. The third-order valence-electron chi connectivity index (χ3n) is 4.59. The molecule has 1 aromatic heterocycles. The number of piperazine rings is 1. The highest BCUT2D eigenvalue weighted by atomic mass is 19.4. The number of carbonyl (C=O) groups is 1. The van der Waals surface area contributed by atoms with Gasteiger partial charge in [0.05, 0.1) is 11.1 Å². The van der Waals surface area contributed by atoms with Crippen molar-refractivity contribution in [2.45, 2.75) is 26.6 Å². The summed E-state index contributed by atoms with van der Waals surface area (Å²) in [6.07, 6.45) is -4.33. The molecule has 1 aliphatic rings. The first-order valence-corrected chi connectivity index (χ1v) is 8.49. The molecule has 1 aromatic carbocycles. The number of hydrogen-bond donors (Lipinski definition) is 0. The van der Waals surface area contributed by atoms with Crippen LogP contribution >= 0.6 is 0 Å². The fourth-order valence-corrected chi connectivity index (χ4v) is 3.23. The first-order chi connectivity index (χ1) is 12.2. The summed E-state index contributed by atoms with van der Waals surface area (Å²) in [4.78, 5) is 16.4. The molecule has 0 unspecified atom stereocenters. The van der Waals surface area contributed by atoms with Gasteiger partial charge in [0, 0.05) is 32.7 Å². The fourth-order valence-electron chi connectivity index (χ4n) is 3.23. The first-order valence-electron chi connectivity index (χ1n) is 8.49. The lowest BCUT2D eigenvalue weighted by Crippen LogP contribution is -2.48. The van der Waals surface area contributed by atoms with Crippen molar-refractivity contribution in [2.75, 3.05) is 26.2 Å². The largest absolute Gasteiger partial charge is 0.466 e. The van der Waals surface area contributed by atoms with Gasteiger partial charge in [0.15, 0.2) is 0 Å². The molecule has 26 heavy (non-hydrogen) atoms. The van der Waals surface area contributed by atoms with E-state index in [9.17, 15) is 18.0 Å². The van der Waals surface area contributed by atoms with Gasteiger partial charge >= 0.3 is 6.18 Å². The number of carbonyl (C=O) groups excluding carboxylic acids is 1. The number of hydrogen-bond acceptors (Lipinski definition) is 3. The monoisotopic (exact) mass is 366 g/mol. The lowest BCUT2D eigenvalue weighted by Gasteiger charge is -2.34. The van der Waals surface area contributed by atoms with Crippen LogP contribution in [0.15, 0.2) is 34.7 Å².